The van der Waals surface area contributed by atoms with Crippen LogP contribution in [-0.2, 0) is 17.5 Å². The van der Waals surface area contributed by atoms with Crippen LogP contribution in [0.5, 0.6) is 0 Å². The Morgan fingerprint density at radius 3 is 2.76 bits per heavy atom. The van der Waals surface area contributed by atoms with Crippen molar-refractivity contribution in [3.05, 3.63) is 18.0 Å². The van der Waals surface area contributed by atoms with Gasteiger partial charge in [0.05, 0.1) is 0 Å². The van der Waals surface area contributed by atoms with Crippen LogP contribution in [0.25, 0.3) is 0 Å². The number of nitrogens with one attached hydrogen (secondary N) is 1. The van der Waals surface area contributed by atoms with Crippen LogP contribution in [0.2, 0.25) is 0 Å². The summed E-state index contributed by atoms with van der Waals surface area (Å²) in [5, 5.41) is 14.1. The van der Waals surface area contributed by atoms with Crippen molar-refractivity contribution >= 4 is 5.91 Å². The minimum absolute atomic E-state index is 0.0553. The number of carbonyl (C=O) groups is 1. The minimum atomic E-state index is -4.50. The van der Waals surface area contributed by atoms with Crippen LogP contribution in [0, 0.1) is 0 Å². The molecule has 0 aliphatic rings. The maximum Gasteiger partial charge on any atom is 0.435 e. The first-order valence-corrected chi connectivity index (χ1v) is 4.91. The second-order valence-corrected chi connectivity index (χ2v) is 3.32. The second-order valence-electron chi connectivity index (χ2n) is 3.32. The predicted octanol–water partition coefficient (Wildman–Crippen LogP) is 0.401. The van der Waals surface area contributed by atoms with E-state index in [1.54, 1.807) is 0 Å². The summed E-state index contributed by atoms with van der Waals surface area (Å²) in [6.45, 7) is -0.0511. The summed E-state index contributed by atoms with van der Waals surface area (Å²) in [6.07, 6.45) is -3.01. The Hall–Kier alpha value is -1.57. The zero-order chi connectivity index (χ0) is 12.9. The maximum absolute atomic E-state index is 12.2. The number of aliphatic hydroxyl groups excluding tert-OH is 1. The van der Waals surface area contributed by atoms with E-state index in [4.69, 9.17) is 5.11 Å². The summed E-state index contributed by atoms with van der Waals surface area (Å²) in [4.78, 5) is 11.2. The van der Waals surface area contributed by atoms with Gasteiger partial charge < -0.3 is 10.4 Å². The molecule has 5 nitrogen and oxygen atoms in total. The molecule has 0 atom stereocenters. The number of hydrogen-bond acceptors (Lipinski definition) is 3. The van der Waals surface area contributed by atoms with Gasteiger partial charge in [-0.05, 0) is 12.5 Å². The summed E-state index contributed by atoms with van der Waals surface area (Å²) < 4.78 is 37.5. The zero-order valence-electron chi connectivity index (χ0n) is 8.87. The molecule has 0 radical (unpaired) electrons. The summed E-state index contributed by atoms with van der Waals surface area (Å²) in [7, 11) is 0. The van der Waals surface area contributed by atoms with Gasteiger partial charge in [0.15, 0.2) is 5.69 Å². The van der Waals surface area contributed by atoms with Gasteiger partial charge in [-0.1, -0.05) is 0 Å². The molecule has 1 rings (SSSR count). The standard InChI is InChI=1S/C9H12F3N3O2/c10-9(11,12)7-2-4-15(14-7)6-8(17)13-3-1-5-16/h2,4,16H,1,3,5-6H2,(H,13,17). The van der Waals surface area contributed by atoms with E-state index in [1.807, 2.05) is 0 Å². The molecule has 0 saturated carbocycles. The van der Waals surface area contributed by atoms with Gasteiger partial charge >= 0.3 is 6.18 Å². The molecule has 1 heterocycles. The fourth-order valence-corrected chi connectivity index (χ4v) is 1.11. The van der Waals surface area contributed by atoms with E-state index >= 15 is 0 Å². The van der Waals surface area contributed by atoms with Crippen LogP contribution >= 0.6 is 0 Å². The van der Waals surface area contributed by atoms with E-state index in [0.717, 1.165) is 16.9 Å². The van der Waals surface area contributed by atoms with E-state index in [-0.39, 0.29) is 19.7 Å². The number of hydrogen-bond donors (Lipinski definition) is 2. The van der Waals surface area contributed by atoms with Gasteiger partial charge in [-0.2, -0.15) is 18.3 Å². The third-order valence-electron chi connectivity index (χ3n) is 1.89. The number of halogens is 3. The lowest BCUT2D eigenvalue weighted by atomic mass is 10.4. The van der Waals surface area contributed by atoms with Gasteiger partial charge in [0, 0.05) is 19.3 Å². The summed E-state index contributed by atoms with van der Waals surface area (Å²) in [6, 6.07) is 0.807. The van der Waals surface area contributed by atoms with Crippen molar-refractivity contribution in [1.29, 1.82) is 0 Å². The van der Waals surface area contributed by atoms with E-state index < -0.39 is 17.8 Å². The van der Waals surface area contributed by atoms with Crippen molar-refractivity contribution in [1.82, 2.24) is 15.1 Å². The Kier molecular flexibility index (Phi) is 4.50. The molecule has 1 aromatic heterocycles. The molecular weight excluding hydrogens is 239 g/mol. The van der Waals surface area contributed by atoms with Crippen LogP contribution in [0.4, 0.5) is 13.2 Å². The number of aromatic nitrogens is 2. The normalized spacial score (nSPS) is 11.5. The van der Waals surface area contributed by atoms with E-state index in [0.29, 0.717) is 6.42 Å². The van der Waals surface area contributed by atoms with Crippen molar-refractivity contribution in [2.24, 2.45) is 0 Å². The molecule has 0 unspecified atom stereocenters. The van der Waals surface area contributed by atoms with Crippen molar-refractivity contribution in [3.63, 3.8) is 0 Å². The minimum Gasteiger partial charge on any atom is -0.396 e. The van der Waals surface area contributed by atoms with Gasteiger partial charge in [-0.15, -0.1) is 0 Å². The number of alkyl halides is 3. The molecule has 1 amide bonds. The van der Waals surface area contributed by atoms with Gasteiger partial charge in [-0.3, -0.25) is 9.48 Å². The van der Waals surface area contributed by atoms with E-state index in [1.165, 1.54) is 0 Å². The highest BCUT2D eigenvalue weighted by molar-refractivity contribution is 5.75. The molecule has 0 aliphatic carbocycles. The van der Waals surface area contributed by atoms with Crippen molar-refractivity contribution in [2.45, 2.75) is 19.1 Å². The number of amides is 1. The Bertz CT molecular complexity index is 376. The largest absolute Gasteiger partial charge is 0.435 e. The fourth-order valence-electron chi connectivity index (χ4n) is 1.11. The molecule has 8 heteroatoms. The number of rotatable bonds is 5. The van der Waals surface area contributed by atoms with Crippen molar-refractivity contribution in [3.8, 4) is 0 Å². The molecule has 0 spiro atoms. The molecule has 0 aliphatic heterocycles. The number of nitrogens with zero attached hydrogens (tertiary/aromatic N) is 2. The van der Waals surface area contributed by atoms with Crippen LogP contribution in [0.3, 0.4) is 0 Å². The Morgan fingerprint density at radius 1 is 1.53 bits per heavy atom. The topological polar surface area (TPSA) is 67.2 Å². The SMILES string of the molecule is O=C(Cn1ccc(C(F)(F)F)n1)NCCCO. The average Bonchev–Trinajstić information content (AvgIpc) is 2.66. The molecular formula is C9H12F3N3O2. The zero-order valence-corrected chi connectivity index (χ0v) is 8.87. The van der Waals surface area contributed by atoms with E-state index in [2.05, 4.69) is 10.4 Å². The highest BCUT2D eigenvalue weighted by atomic mass is 19.4. The summed E-state index contributed by atoms with van der Waals surface area (Å²) in [5.41, 5.74) is -1.03. The Morgan fingerprint density at radius 2 is 2.24 bits per heavy atom. The lowest BCUT2D eigenvalue weighted by Crippen LogP contribution is -2.29. The first kappa shape index (κ1) is 13.5. The van der Waals surface area contributed by atoms with Gasteiger partial charge in [0.2, 0.25) is 5.91 Å². The van der Waals surface area contributed by atoms with Gasteiger partial charge in [0.25, 0.3) is 0 Å². The van der Waals surface area contributed by atoms with E-state index in [9.17, 15) is 18.0 Å². The average molecular weight is 251 g/mol. The fraction of sp³-hybridized carbons (Fsp3) is 0.556. The van der Waals surface area contributed by atoms with Crippen LogP contribution in [0.1, 0.15) is 12.1 Å². The quantitative estimate of drug-likeness (QED) is 0.744. The number of carbonyl (C=O) groups excluding carboxylic acids is 1. The molecule has 0 saturated heterocycles. The van der Waals surface area contributed by atoms with Gasteiger partial charge in [0.1, 0.15) is 6.54 Å². The summed E-state index contributed by atoms with van der Waals surface area (Å²) >= 11 is 0. The van der Waals surface area contributed by atoms with Crippen LogP contribution in [0.15, 0.2) is 12.3 Å². The summed E-state index contributed by atoms with van der Waals surface area (Å²) in [5.74, 6) is -0.449. The van der Waals surface area contributed by atoms with Gasteiger partial charge in [-0.25, -0.2) is 0 Å². The highest BCUT2D eigenvalue weighted by Gasteiger charge is 2.33. The second kappa shape index (κ2) is 5.67. The lowest BCUT2D eigenvalue weighted by molar-refractivity contribution is -0.141. The highest BCUT2D eigenvalue weighted by Crippen LogP contribution is 2.27. The third kappa shape index (κ3) is 4.43. The van der Waals surface area contributed by atoms with Crippen molar-refractivity contribution < 1.29 is 23.1 Å². The molecule has 96 valence electrons. The van der Waals surface area contributed by atoms with Crippen molar-refractivity contribution in [2.75, 3.05) is 13.2 Å². The molecule has 17 heavy (non-hydrogen) atoms. The number of aliphatic hydroxyl groups is 1. The third-order valence-corrected chi connectivity index (χ3v) is 1.89. The molecule has 0 bridgehead atoms. The molecule has 0 aromatic carbocycles. The maximum atomic E-state index is 12.2. The molecule has 2 N–H and O–H groups in total. The van der Waals surface area contributed by atoms with Crippen LogP contribution < -0.4 is 5.32 Å². The Balaban J connectivity index is 2.46. The first-order chi connectivity index (χ1) is 7.93. The smallest absolute Gasteiger partial charge is 0.396 e. The first-order valence-electron chi connectivity index (χ1n) is 4.91. The molecule has 1 aromatic rings. The lowest BCUT2D eigenvalue weighted by Gasteiger charge is -2.04. The monoisotopic (exact) mass is 251 g/mol. The predicted molar refractivity (Wildman–Crippen MR) is 51.9 cm³/mol. The molecule has 0 fully saturated rings. The van der Waals surface area contributed by atoms with Crippen LogP contribution in [-0.4, -0.2) is 33.9 Å². The Labute approximate surface area is 95.2 Å².